The molecular weight excluding hydrogens is 502 g/mol. The van der Waals surface area contributed by atoms with Crippen molar-refractivity contribution in [2.24, 2.45) is 9.50 Å². The van der Waals surface area contributed by atoms with Crippen molar-refractivity contribution in [2.75, 3.05) is 13.7 Å². The second kappa shape index (κ2) is 10.1. The summed E-state index contributed by atoms with van der Waals surface area (Å²) >= 11 is 11.9. The molecule has 0 aromatic heterocycles. The van der Waals surface area contributed by atoms with Crippen molar-refractivity contribution < 1.29 is 17.6 Å². The number of hydrazine groups is 1. The third-order valence-corrected chi connectivity index (χ3v) is 6.84. The fourth-order valence-electron chi connectivity index (χ4n) is 3.45. The number of nitrogens with zero attached hydrogens (tertiary/aromatic N) is 4. The first-order chi connectivity index (χ1) is 16.3. The molecule has 1 heterocycles. The molecule has 0 saturated carbocycles. The van der Waals surface area contributed by atoms with Crippen LogP contribution in [0.3, 0.4) is 0 Å². The third-order valence-electron chi connectivity index (χ3n) is 5.10. The largest absolute Gasteiger partial charge is 0.283 e. The second-order valence-corrected chi connectivity index (χ2v) is 9.79. The Hall–Kier alpha value is -2.98. The van der Waals surface area contributed by atoms with Crippen molar-refractivity contribution >= 4 is 45.3 Å². The van der Waals surface area contributed by atoms with E-state index in [1.54, 1.807) is 24.3 Å². The number of hydroxylamine groups is 1. The summed E-state index contributed by atoms with van der Waals surface area (Å²) in [4.78, 5) is 5.30. The summed E-state index contributed by atoms with van der Waals surface area (Å²) in [5, 5.41) is 8.11. The van der Waals surface area contributed by atoms with E-state index < -0.39 is 10.0 Å². The summed E-state index contributed by atoms with van der Waals surface area (Å²) in [6.45, 7) is 0.252. The van der Waals surface area contributed by atoms with Crippen LogP contribution in [0, 0.1) is 5.82 Å². The highest BCUT2D eigenvalue weighted by Crippen LogP contribution is 2.30. The van der Waals surface area contributed by atoms with Crippen LogP contribution in [0.15, 0.2) is 87.2 Å². The number of rotatable bonds is 7. The monoisotopic (exact) mass is 520 g/mol. The Kier molecular flexibility index (Phi) is 7.18. The first-order valence-electron chi connectivity index (χ1n) is 10.0. The van der Waals surface area contributed by atoms with Crippen molar-refractivity contribution in [3.05, 3.63) is 99.8 Å². The lowest BCUT2D eigenvalue weighted by Gasteiger charge is -2.25. The zero-order chi connectivity index (χ0) is 24.3. The van der Waals surface area contributed by atoms with Gasteiger partial charge in [-0.1, -0.05) is 47.5 Å². The number of hydrazone groups is 1. The first-order valence-corrected chi connectivity index (χ1v) is 12.2. The fourth-order valence-corrected chi connectivity index (χ4v) is 4.50. The highest BCUT2D eigenvalue weighted by molar-refractivity contribution is 7.90. The van der Waals surface area contributed by atoms with Crippen molar-refractivity contribution in [3.63, 3.8) is 0 Å². The number of hydrogen-bond donors (Lipinski definition) is 0. The molecule has 11 heteroatoms. The summed E-state index contributed by atoms with van der Waals surface area (Å²) in [5.74, 6) is -0.693. The van der Waals surface area contributed by atoms with Gasteiger partial charge in [0.25, 0.3) is 10.0 Å². The lowest BCUT2D eigenvalue weighted by Crippen LogP contribution is -2.37. The molecule has 0 aliphatic carbocycles. The number of halogens is 3. The standard InChI is InChI=1S/C23H19Cl2FN4O3S/c1-33-30(15-27-34(31,32)21-11-9-19(25)10-12-21)29-14-22(17-3-2-4-20(26)13-17)23(28-29)16-5-7-18(24)8-6-16/h2-13,15,22H,14H2,1H3. The Morgan fingerprint density at radius 3 is 2.35 bits per heavy atom. The van der Waals surface area contributed by atoms with Gasteiger partial charge in [0, 0.05) is 10.0 Å². The zero-order valence-corrected chi connectivity index (χ0v) is 20.2. The van der Waals surface area contributed by atoms with Crippen LogP contribution in [-0.4, -0.2) is 44.4 Å². The van der Waals surface area contributed by atoms with Crippen molar-refractivity contribution in [2.45, 2.75) is 10.8 Å². The fraction of sp³-hybridized carbons (Fsp3) is 0.130. The molecule has 1 unspecified atom stereocenters. The summed E-state index contributed by atoms with van der Waals surface area (Å²) in [6, 6.07) is 19.0. The van der Waals surface area contributed by atoms with Crippen molar-refractivity contribution in [3.8, 4) is 0 Å². The van der Waals surface area contributed by atoms with Crippen LogP contribution < -0.4 is 0 Å². The van der Waals surface area contributed by atoms with E-state index in [1.165, 1.54) is 48.6 Å². The molecule has 1 aliphatic heterocycles. The average Bonchev–Trinajstić information content (AvgIpc) is 3.25. The number of benzene rings is 3. The normalized spacial score (nSPS) is 16.2. The maximum Gasteiger partial charge on any atom is 0.283 e. The number of hydrogen-bond acceptors (Lipinski definition) is 5. The smallest absolute Gasteiger partial charge is 0.255 e. The minimum atomic E-state index is -4.00. The van der Waals surface area contributed by atoms with E-state index in [-0.39, 0.29) is 23.2 Å². The molecule has 176 valence electrons. The molecule has 3 aromatic carbocycles. The van der Waals surface area contributed by atoms with E-state index in [1.807, 2.05) is 12.1 Å². The van der Waals surface area contributed by atoms with Gasteiger partial charge in [0.2, 0.25) is 0 Å². The predicted molar refractivity (Wildman–Crippen MR) is 130 cm³/mol. The Morgan fingerprint density at radius 2 is 1.74 bits per heavy atom. The van der Waals surface area contributed by atoms with E-state index in [2.05, 4.69) is 9.50 Å². The molecule has 0 spiro atoms. The van der Waals surface area contributed by atoms with E-state index in [4.69, 9.17) is 28.0 Å². The molecule has 0 saturated heterocycles. The second-order valence-electron chi connectivity index (χ2n) is 7.29. The van der Waals surface area contributed by atoms with Crippen LogP contribution in [-0.2, 0) is 14.9 Å². The first kappa shape index (κ1) is 24.2. The van der Waals surface area contributed by atoms with Gasteiger partial charge < -0.3 is 0 Å². The average molecular weight is 521 g/mol. The minimum absolute atomic E-state index is 0.0198. The molecule has 4 rings (SSSR count). The van der Waals surface area contributed by atoms with Crippen molar-refractivity contribution in [1.29, 1.82) is 0 Å². The topological polar surface area (TPSA) is 74.6 Å². The lowest BCUT2D eigenvalue weighted by molar-refractivity contribution is -0.202. The SMILES string of the molecule is CON(C=NS(=O)(=O)c1ccc(Cl)cc1)N1CC(c2cccc(F)c2)C(c2ccc(Cl)cc2)=N1. The Bertz CT molecular complexity index is 1330. The third kappa shape index (κ3) is 5.39. The van der Waals surface area contributed by atoms with Gasteiger partial charge >= 0.3 is 0 Å². The van der Waals surface area contributed by atoms with Gasteiger partial charge in [-0.3, -0.25) is 4.84 Å². The molecule has 0 bridgehead atoms. The van der Waals surface area contributed by atoms with E-state index in [0.717, 1.165) is 17.1 Å². The summed E-state index contributed by atoms with van der Waals surface area (Å²) < 4.78 is 42.8. The van der Waals surface area contributed by atoms with Crippen LogP contribution >= 0.6 is 23.2 Å². The maximum atomic E-state index is 14.0. The van der Waals surface area contributed by atoms with Crippen molar-refractivity contribution in [1.82, 2.24) is 10.3 Å². The van der Waals surface area contributed by atoms with Gasteiger partial charge in [0.05, 0.1) is 30.2 Å². The number of sulfonamides is 1. The summed E-state index contributed by atoms with van der Waals surface area (Å²) in [6.07, 6.45) is 1.01. The summed E-state index contributed by atoms with van der Waals surface area (Å²) in [5.41, 5.74) is 2.12. The van der Waals surface area contributed by atoms with Gasteiger partial charge in [-0.05, 0) is 59.7 Å². The van der Waals surface area contributed by atoms with Crippen LogP contribution in [0.2, 0.25) is 10.0 Å². The van der Waals surface area contributed by atoms with Crippen LogP contribution in [0.1, 0.15) is 17.0 Å². The van der Waals surface area contributed by atoms with Crippen LogP contribution in [0.25, 0.3) is 0 Å². The molecule has 3 aromatic rings. The molecular formula is C23H19Cl2FN4O3S. The molecule has 7 nitrogen and oxygen atoms in total. The highest BCUT2D eigenvalue weighted by Gasteiger charge is 2.32. The van der Waals surface area contributed by atoms with Gasteiger partial charge in [-0.25, -0.2) is 4.39 Å². The minimum Gasteiger partial charge on any atom is -0.255 e. The molecule has 0 fully saturated rings. The van der Waals surface area contributed by atoms with Crippen LogP contribution in [0.4, 0.5) is 4.39 Å². The maximum absolute atomic E-state index is 14.0. The zero-order valence-electron chi connectivity index (χ0n) is 17.8. The Morgan fingerprint density at radius 1 is 1.09 bits per heavy atom. The van der Waals surface area contributed by atoms with Crippen LogP contribution in [0.5, 0.6) is 0 Å². The van der Waals surface area contributed by atoms with E-state index >= 15 is 0 Å². The molecule has 1 atom stereocenters. The molecule has 0 radical (unpaired) electrons. The molecule has 1 aliphatic rings. The Balaban J connectivity index is 1.65. The molecule has 0 amide bonds. The van der Waals surface area contributed by atoms with Gasteiger partial charge in [-0.2, -0.15) is 18.6 Å². The van der Waals surface area contributed by atoms with Gasteiger partial charge in [0.15, 0.2) is 6.34 Å². The molecule has 34 heavy (non-hydrogen) atoms. The summed E-state index contributed by atoms with van der Waals surface area (Å²) in [7, 11) is -2.65. The predicted octanol–water partition coefficient (Wildman–Crippen LogP) is 5.13. The molecule has 0 N–H and O–H groups in total. The lowest BCUT2D eigenvalue weighted by atomic mass is 9.91. The highest BCUT2D eigenvalue weighted by atomic mass is 35.5. The quantitative estimate of drug-likeness (QED) is 0.245. The van der Waals surface area contributed by atoms with E-state index in [9.17, 15) is 12.8 Å². The van der Waals surface area contributed by atoms with Gasteiger partial charge in [-0.15, -0.1) is 9.57 Å². The van der Waals surface area contributed by atoms with Gasteiger partial charge in [0.1, 0.15) is 5.82 Å². The Labute approximate surface area is 206 Å². The van der Waals surface area contributed by atoms with E-state index in [0.29, 0.717) is 21.3 Å².